The Morgan fingerprint density at radius 2 is 2.14 bits per heavy atom. The summed E-state index contributed by atoms with van der Waals surface area (Å²) in [5.41, 5.74) is 4.31. The first-order valence-electron chi connectivity index (χ1n) is 7.19. The van der Waals surface area contributed by atoms with Gasteiger partial charge in [-0.25, -0.2) is 14.4 Å². The molecule has 1 N–H and O–H groups in total. The maximum Gasteiger partial charge on any atom is 0.133 e. The lowest BCUT2D eigenvalue weighted by atomic mass is 10.1. The quantitative estimate of drug-likeness (QED) is 0.940. The minimum absolute atomic E-state index is 0.325. The van der Waals surface area contributed by atoms with E-state index in [2.05, 4.69) is 22.2 Å². The van der Waals surface area contributed by atoms with Crippen LogP contribution in [0.25, 0.3) is 0 Å². The van der Waals surface area contributed by atoms with Gasteiger partial charge in [-0.1, -0.05) is 31.0 Å². The highest BCUT2D eigenvalue weighted by atomic mass is 35.5. The van der Waals surface area contributed by atoms with Crippen LogP contribution >= 0.6 is 11.6 Å². The second-order valence-corrected chi connectivity index (χ2v) is 5.69. The van der Waals surface area contributed by atoms with E-state index < -0.39 is 0 Å². The number of aromatic nitrogens is 2. The van der Waals surface area contributed by atoms with Crippen molar-refractivity contribution >= 4 is 11.6 Å². The maximum absolute atomic E-state index is 13.1. The molecule has 0 unspecified atom stereocenters. The summed E-state index contributed by atoms with van der Waals surface area (Å²) in [6.45, 7) is 3.79. The van der Waals surface area contributed by atoms with Crippen molar-refractivity contribution < 1.29 is 4.39 Å². The molecular weight excluding hydrogens is 289 g/mol. The van der Waals surface area contributed by atoms with Crippen LogP contribution in [0.15, 0.2) is 18.2 Å². The van der Waals surface area contributed by atoms with Gasteiger partial charge in [-0.05, 0) is 24.1 Å². The van der Waals surface area contributed by atoms with E-state index in [1.165, 1.54) is 17.7 Å². The monoisotopic (exact) mass is 305 g/mol. The van der Waals surface area contributed by atoms with E-state index in [1.54, 1.807) is 6.07 Å². The zero-order chi connectivity index (χ0) is 14.8. The van der Waals surface area contributed by atoms with Crippen molar-refractivity contribution in [3.05, 3.63) is 57.4 Å². The van der Waals surface area contributed by atoms with Crippen LogP contribution in [0.5, 0.6) is 0 Å². The summed E-state index contributed by atoms with van der Waals surface area (Å²) in [5, 5.41) is 3.74. The largest absolute Gasteiger partial charge is 0.307 e. The van der Waals surface area contributed by atoms with Crippen molar-refractivity contribution in [1.29, 1.82) is 0 Å². The van der Waals surface area contributed by atoms with E-state index >= 15 is 0 Å². The molecule has 1 aromatic heterocycles. The molecule has 0 radical (unpaired) electrons. The number of halogens is 2. The van der Waals surface area contributed by atoms with Gasteiger partial charge in [0, 0.05) is 35.8 Å². The SMILES string of the molecule is CCCc1nc(Cc2ccc(F)cc2Cl)nc2c1CNC2. The van der Waals surface area contributed by atoms with Crippen LogP contribution in [-0.4, -0.2) is 9.97 Å². The number of nitrogens with one attached hydrogen (secondary N) is 1. The number of hydrogen-bond acceptors (Lipinski definition) is 3. The summed E-state index contributed by atoms with van der Waals surface area (Å²) in [6.07, 6.45) is 2.54. The lowest BCUT2D eigenvalue weighted by Gasteiger charge is -2.10. The Kier molecular flexibility index (Phi) is 4.17. The third-order valence-electron chi connectivity index (χ3n) is 3.67. The molecular formula is C16H17ClFN3. The van der Waals surface area contributed by atoms with E-state index in [0.29, 0.717) is 11.4 Å². The minimum Gasteiger partial charge on any atom is -0.307 e. The molecule has 2 aromatic rings. The molecule has 0 amide bonds. The number of aryl methyl sites for hydroxylation is 1. The predicted molar refractivity (Wildman–Crippen MR) is 80.8 cm³/mol. The molecule has 0 saturated carbocycles. The highest BCUT2D eigenvalue weighted by molar-refractivity contribution is 6.31. The standard InChI is InChI=1S/C16H17ClFN3/c1-2-3-14-12-8-19-9-15(12)21-16(20-14)6-10-4-5-11(18)7-13(10)17/h4-5,7,19H,2-3,6,8-9H2,1H3. The zero-order valence-electron chi connectivity index (χ0n) is 11.9. The van der Waals surface area contributed by atoms with E-state index in [1.807, 2.05) is 0 Å². The van der Waals surface area contributed by atoms with Gasteiger partial charge in [0.15, 0.2) is 0 Å². The normalized spacial score (nSPS) is 13.5. The highest BCUT2D eigenvalue weighted by Gasteiger charge is 2.18. The Bertz CT molecular complexity index is 673. The van der Waals surface area contributed by atoms with Gasteiger partial charge in [-0.15, -0.1) is 0 Å². The minimum atomic E-state index is -0.325. The first-order valence-corrected chi connectivity index (χ1v) is 7.57. The van der Waals surface area contributed by atoms with Gasteiger partial charge in [-0.2, -0.15) is 0 Å². The lowest BCUT2D eigenvalue weighted by molar-refractivity contribution is 0.627. The molecule has 3 rings (SSSR count). The van der Waals surface area contributed by atoms with Crippen molar-refractivity contribution in [2.24, 2.45) is 0 Å². The molecule has 0 saturated heterocycles. The Morgan fingerprint density at radius 1 is 1.29 bits per heavy atom. The average Bonchev–Trinajstić information content (AvgIpc) is 2.91. The van der Waals surface area contributed by atoms with Crippen LogP contribution < -0.4 is 5.32 Å². The topological polar surface area (TPSA) is 37.8 Å². The molecule has 1 aliphatic rings. The summed E-state index contributed by atoms with van der Waals surface area (Å²) in [5.74, 6) is 0.434. The smallest absolute Gasteiger partial charge is 0.133 e. The Morgan fingerprint density at radius 3 is 2.90 bits per heavy atom. The second kappa shape index (κ2) is 6.08. The number of benzene rings is 1. The summed E-state index contributed by atoms with van der Waals surface area (Å²) in [4.78, 5) is 9.32. The molecule has 0 atom stereocenters. The predicted octanol–water partition coefficient (Wildman–Crippen LogP) is 3.42. The van der Waals surface area contributed by atoms with Gasteiger partial charge in [0.25, 0.3) is 0 Å². The van der Waals surface area contributed by atoms with Crippen molar-refractivity contribution in [3.8, 4) is 0 Å². The summed E-state index contributed by atoms with van der Waals surface area (Å²) < 4.78 is 13.1. The third-order valence-corrected chi connectivity index (χ3v) is 4.02. The van der Waals surface area contributed by atoms with E-state index in [-0.39, 0.29) is 5.82 Å². The van der Waals surface area contributed by atoms with Crippen molar-refractivity contribution in [3.63, 3.8) is 0 Å². The number of fused-ring (bicyclic) bond motifs is 1. The number of nitrogens with zero attached hydrogens (tertiary/aromatic N) is 2. The second-order valence-electron chi connectivity index (χ2n) is 5.28. The fourth-order valence-electron chi connectivity index (χ4n) is 2.65. The zero-order valence-corrected chi connectivity index (χ0v) is 12.7. The molecule has 21 heavy (non-hydrogen) atoms. The Balaban J connectivity index is 1.93. The lowest BCUT2D eigenvalue weighted by Crippen LogP contribution is -2.07. The molecule has 110 valence electrons. The van der Waals surface area contributed by atoms with E-state index in [0.717, 1.165) is 48.7 Å². The fourth-order valence-corrected chi connectivity index (χ4v) is 2.89. The van der Waals surface area contributed by atoms with Crippen molar-refractivity contribution in [2.45, 2.75) is 39.3 Å². The van der Waals surface area contributed by atoms with Crippen molar-refractivity contribution in [1.82, 2.24) is 15.3 Å². The maximum atomic E-state index is 13.1. The fraction of sp³-hybridized carbons (Fsp3) is 0.375. The molecule has 1 aromatic carbocycles. The van der Waals surface area contributed by atoms with Crippen LogP contribution in [0.1, 0.15) is 41.7 Å². The molecule has 0 bridgehead atoms. The van der Waals surface area contributed by atoms with Crippen LogP contribution in [0.4, 0.5) is 4.39 Å². The summed E-state index contributed by atoms with van der Waals surface area (Å²) >= 11 is 6.09. The molecule has 0 spiro atoms. The number of rotatable bonds is 4. The van der Waals surface area contributed by atoms with Crippen molar-refractivity contribution in [2.75, 3.05) is 0 Å². The third kappa shape index (κ3) is 3.06. The van der Waals surface area contributed by atoms with Gasteiger partial charge in [0.1, 0.15) is 11.6 Å². The molecule has 0 fully saturated rings. The highest BCUT2D eigenvalue weighted by Crippen LogP contribution is 2.22. The number of hydrogen-bond donors (Lipinski definition) is 1. The first-order chi connectivity index (χ1) is 10.2. The summed E-state index contributed by atoms with van der Waals surface area (Å²) in [6, 6.07) is 4.45. The average molecular weight is 306 g/mol. The van der Waals surface area contributed by atoms with Crippen LogP contribution in [0.3, 0.4) is 0 Å². The Labute approximate surface area is 128 Å². The van der Waals surface area contributed by atoms with Crippen LogP contribution in [0.2, 0.25) is 5.02 Å². The molecule has 1 aliphatic heterocycles. The molecule has 0 aliphatic carbocycles. The van der Waals surface area contributed by atoms with Gasteiger partial charge in [0.05, 0.1) is 5.69 Å². The Hall–Kier alpha value is -1.52. The van der Waals surface area contributed by atoms with E-state index in [4.69, 9.17) is 11.6 Å². The van der Waals surface area contributed by atoms with E-state index in [9.17, 15) is 4.39 Å². The molecule has 3 nitrogen and oxygen atoms in total. The first kappa shape index (κ1) is 14.4. The van der Waals surface area contributed by atoms with Gasteiger partial charge >= 0.3 is 0 Å². The van der Waals surface area contributed by atoms with Crippen LogP contribution in [0, 0.1) is 5.82 Å². The van der Waals surface area contributed by atoms with Gasteiger partial charge in [-0.3, -0.25) is 0 Å². The van der Waals surface area contributed by atoms with Crippen LogP contribution in [-0.2, 0) is 25.9 Å². The molecule has 2 heterocycles. The van der Waals surface area contributed by atoms with Gasteiger partial charge < -0.3 is 5.32 Å². The van der Waals surface area contributed by atoms with Gasteiger partial charge in [0.2, 0.25) is 0 Å². The summed E-state index contributed by atoms with van der Waals surface area (Å²) in [7, 11) is 0. The molecule has 5 heteroatoms.